The van der Waals surface area contributed by atoms with E-state index in [0.717, 1.165) is 0 Å². The van der Waals surface area contributed by atoms with Gasteiger partial charge in [-0.3, -0.25) is 24.0 Å². The summed E-state index contributed by atoms with van der Waals surface area (Å²) in [5.74, 6) is -6.43. The molecule has 0 aromatic carbocycles. The molecule has 24 heavy (non-hydrogen) atoms. The highest BCUT2D eigenvalue weighted by Crippen LogP contribution is 1.98. The molecule has 0 rings (SSSR count). The van der Waals surface area contributed by atoms with Crippen LogP contribution in [0.1, 0.15) is 19.3 Å². The highest BCUT2D eigenvalue weighted by molar-refractivity contribution is 5.94. The van der Waals surface area contributed by atoms with Gasteiger partial charge in [0, 0.05) is 0 Å². The molecule has 0 unspecified atom stereocenters. The van der Waals surface area contributed by atoms with Crippen LogP contribution in [0.25, 0.3) is 0 Å². The van der Waals surface area contributed by atoms with E-state index in [-0.39, 0.29) is 6.29 Å². The second-order valence-corrected chi connectivity index (χ2v) is 4.71. The van der Waals surface area contributed by atoms with Gasteiger partial charge < -0.3 is 36.5 Å². The van der Waals surface area contributed by atoms with E-state index in [1.807, 2.05) is 10.6 Å². The van der Waals surface area contributed by atoms with Gasteiger partial charge in [0.15, 0.2) is 0 Å². The molecule has 0 aliphatic carbocycles. The van der Waals surface area contributed by atoms with E-state index in [2.05, 4.69) is 0 Å². The van der Waals surface area contributed by atoms with Crippen molar-refractivity contribution >= 4 is 36.0 Å². The lowest BCUT2D eigenvalue weighted by atomic mass is 10.1. The number of aliphatic carboxylic acids is 3. The zero-order valence-electron chi connectivity index (χ0n) is 12.3. The smallest absolute Gasteiger partial charge is 0.305 e. The molecule has 0 heterocycles. The lowest BCUT2D eigenvalue weighted by molar-refractivity contribution is -0.143. The van der Waals surface area contributed by atoms with Gasteiger partial charge in [-0.15, -0.1) is 0 Å². The summed E-state index contributed by atoms with van der Waals surface area (Å²) in [6.07, 6.45) is -2.22. The van der Waals surface area contributed by atoms with Gasteiger partial charge in [0.05, 0.1) is 31.3 Å². The number of nitrogens with two attached hydrogens (primary N) is 1. The van der Waals surface area contributed by atoms with E-state index >= 15 is 0 Å². The minimum absolute atomic E-state index is 0.141. The molecule has 0 aromatic rings. The van der Waals surface area contributed by atoms with Crippen molar-refractivity contribution in [3.8, 4) is 0 Å². The first kappa shape index (κ1) is 21.0. The molecule has 0 aliphatic heterocycles. The predicted molar refractivity (Wildman–Crippen MR) is 74.7 cm³/mol. The minimum Gasteiger partial charge on any atom is -0.481 e. The van der Waals surface area contributed by atoms with E-state index in [9.17, 15) is 28.8 Å². The minimum atomic E-state index is -1.66. The van der Waals surface area contributed by atoms with E-state index in [1.165, 1.54) is 0 Å². The Morgan fingerprint density at radius 3 is 1.75 bits per heavy atom. The number of hydrogen-bond donors (Lipinski definition) is 6. The maximum atomic E-state index is 11.9. The Hall–Kier alpha value is -3.02. The molecule has 0 aliphatic rings. The van der Waals surface area contributed by atoms with Gasteiger partial charge in [-0.1, -0.05) is 0 Å². The molecule has 134 valence electrons. The number of carboxylic acids is 3. The first-order valence-corrected chi connectivity index (χ1v) is 6.53. The van der Waals surface area contributed by atoms with E-state index < -0.39 is 67.1 Å². The number of amides is 2. The summed E-state index contributed by atoms with van der Waals surface area (Å²) in [6, 6.07) is -4.60. The molecule has 2 amide bonds. The molecule has 12 heteroatoms. The van der Waals surface area contributed by atoms with Crippen molar-refractivity contribution in [1.82, 2.24) is 10.6 Å². The number of rotatable bonds is 11. The zero-order chi connectivity index (χ0) is 18.9. The maximum Gasteiger partial charge on any atom is 0.305 e. The lowest BCUT2D eigenvalue weighted by Crippen LogP contribution is -2.54. The van der Waals surface area contributed by atoms with Crippen LogP contribution in [0.5, 0.6) is 0 Å². The van der Waals surface area contributed by atoms with Crippen molar-refractivity contribution in [1.29, 1.82) is 0 Å². The molecule has 0 saturated carbocycles. The molecule has 0 radical (unpaired) electrons. The third-order valence-electron chi connectivity index (χ3n) is 2.63. The van der Waals surface area contributed by atoms with Crippen LogP contribution < -0.4 is 16.4 Å². The fourth-order valence-electron chi connectivity index (χ4n) is 1.55. The highest BCUT2D eigenvalue weighted by Gasteiger charge is 2.28. The van der Waals surface area contributed by atoms with Gasteiger partial charge in [0.2, 0.25) is 11.8 Å². The average Bonchev–Trinajstić information content (AvgIpc) is 2.43. The van der Waals surface area contributed by atoms with Crippen LogP contribution in [0.15, 0.2) is 0 Å². The lowest BCUT2D eigenvalue weighted by Gasteiger charge is -2.20. The third-order valence-corrected chi connectivity index (χ3v) is 2.63. The Kier molecular flexibility index (Phi) is 8.64. The number of carboxylic acid groups (broad SMARTS) is 3. The molecule has 0 bridgehead atoms. The molecule has 7 N–H and O–H groups in total. The molecule has 0 saturated heterocycles. The van der Waals surface area contributed by atoms with E-state index in [4.69, 9.17) is 21.1 Å². The predicted octanol–water partition coefficient (Wildman–Crippen LogP) is -3.09. The second kappa shape index (κ2) is 9.89. The van der Waals surface area contributed by atoms with Gasteiger partial charge in [-0.2, -0.15) is 0 Å². The van der Waals surface area contributed by atoms with Gasteiger partial charge in [0.1, 0.15) is 12.3 Å². The summed E-state index contributed by atoms with van der Waals surface area (Å²) in [5, 5.41) is 29.8. The van der Waals surface area contributed by atoms with Crippen LogP contribution in [0.2, 0.25) is 0 Å². The molecule has 0 fully saturated rings. The average molecular weight is 347 g/mol. The van der Waals surface area contributed by atoms with Crippen LogP contribution in [0.4, 0.5) is 0 Å². The molecule has 3 atom stereocenters. The second-order valence-electron chi connectivity index (χ2n) is 4.71. The number of hydrogen-bond acceptors (Lipinski definition) is 7. The van der Waals surface area contributed by atoms with E-state index in [0.29, 0.717) is 0 Å². The van der Waals surface area contributed by atoms with E-state index in [1.54, 1.807) is 0 Å². The monoisotopic (exact) mass is 347 g/mol. The Balaban J connectivity index is 4.97. The molecule has 0 aromatic heterocycles. The zero-order valence-corrected chi connectivity index (χ0v) is 12.3. The van der Waals surface area contributed by atoms with Gasteiger partial charge >= 0.3 is 17.9 Å². The first-order valence-electron chi connectivity index (χ1n) is 6.53. The summed E-state index contributed by atoms with van der Waals surface area (Å²) in [6.45, 7) is 0. The SMILES string of the molecule is N[C@@H](CC(=O)O)C(=O)N[C@@H](CC(=O)O)C(=O)N[C@H](C=O)CC(=O)O. The standard InChI is InChI=1S/C12H17N3O9/c13-6(2-9(19)20)11(23)15-7(3-10(21)22)12(24)14-5(4-16)1-8(17)18/h4-7H,1-3,13H2,(H,14,24)(H,15,23)(H,17,18)(H,19,20)(H,21,22)/t5-,6-,7-/m0/s1. The normalized spacial score (nSPS) is 13.9. The van der Waals surface area contributed by atoms with Crippen LogP contribution in [-0.4, -0.2) is 69.5 Å². The van der Waals surface area contributed by atoms with Crippen molar-refractivity contribution in [3.05, 3.63) is 0 Å². The Labute approximate surface area is 135 Å². The van der Waals surface area contributed by atoms with Crippen molar-refractivity contribution in [2.45, 2.75) is 37.4 Å². The number of carbonyl (C=O) groups is 6. The van der Waals surface area contributed by atoms with Crippen molar-refractivity contribution in [2.75, 3.05) is 0 Å². The van der Waals surface area contributed by atoms with Crippen LogP contribution in [0.3, 0.4) is 0 Å². The van der Waals surface area contributed by atoms with Crippen molar-refractivity contribution in [2.24, 2.45) is 5.73 Å². The van der Waals surface area contributed by atoms with Crippen molar-refractivity contribution in [3.63, 3.8) is 0 Å². The number of carbonyl (C=O) groups excluding carboxylic acids is 3. The largest absolute Gasteiger partial charge is 0.481 e. The summed E-state index contributed by atoms with van der Waals surface area (Å²) in [4.78, 5) is 66.0. The summed E-state index contributed by atoms with van der Waals surface area (Å²) in [5.41, 5.74) is 5.28. The molecule has 0 spiro atoms. The van der Waals surface area contributed by atoms with Crippen LogP contribution in [0, 0.1) is 0 Å². The van der Waals surface area contributed by atoms with Crippen LogP contribution >= 0.6 is 0 Å². The van der Waals surface area contributed by atoms with Gasteiger partial charge in [-0.05, 0) is 0 Å². The summed E-state index contributed by atoms with van der Waals surface area (Å²) < 4.78 is 0. The van der Waals surface area contributed by atoms with Crippen LogP contribution in [-0.2, 0) is 28.8 Å². The number of aldehydes is 1. The maximum absolute atomic E-state index is 11.9. The number of nitrogens with one attached hydrogen (secondary N) is 2. The Bertz CT molecular complexity index is 534. The quantitative estimate of drug-likeness (QED) is 0.207. The first-order chi connectivity index (χ1) is 11.1. The van der Waals surface area contributed by atoms with Gasteiger partial charge in [0.25, 0.3) is 0 Å². The molecule has 12 nitrogen and oxygen atoms in total. The highest BCUT2D eigenvalue weighted by atomic mass is 16.4. The topological polar surface area (TPSA) is 213 Å². The summed E-state index contributed by atoms with van der Waals surface area (Å²) in [7, 11) is 0. The Morgan fingerprint density at radius 2 is 1.33 bits per heavy atom. The summed E-state index contributed by atoms with van der Waals surface area (Å²) >= 11 is 0. The fraction of sp³-hybridized carbons (Fsp3) is 0.500. The Morgan fingerprint density at radius 1 is 0.833 bits per heavy atom. The third kappa shape index (κ3) is 8.43. The fourth-order valence-corrected chi connectivity index (χ4v) is 1.55. The molecular weight excluding hydrogens is 330 g/mol. The molecular formula is C12H17N3O9. The van der Waals surface area contributed by atoms with Gasteiger partial charge in [-0.25, -0.2) is 0 Å². The van der Waals surface area contributed by atoms with Crippen molar-refractivity contribution < 1.29 is 44.1 Å².